The first-order chi connectivity index (χ1) is 12.3. The molecule has 1 aromatic carbocycles. The Hall–Kier alpha value is -2.40. The van der Waals surface area contributed by atoms with E-state index in [4.69, 9.17) is 10.9 Å². The molecule has 0 radical (unpaired) electrons. The van der Waals surface area contributed by atoms with Crippen molar-refractivity contribution in [1.29, 1.82) is 0 Å². The fourth-order valence-corrected chi connectivity index (χ4v) is 2.77. The van der Waals surface area contributed by atoms with Gasteiger partial charge in [0.2, 0.25) is 0 Å². The third-order valence-electron chi connectivity index (χ3n) is 4.27. The van der Waals surface area contributed by atoms with Gasteiger partial charge in [-0.2, -0.15) is 0 Å². The second-order valence-electron chi connectivity index (χ2n) is 7.07. The van der Waals surface area contributed by atoms with E-state index in [9.17, 15) is 9.59 Å². The van der Waals surface area contributed by atoms with Crippen LogP contribution in [0.5, 0.6) is 0 Å². The quantitative estimate of drug-likeness (QED) is 0.348. The van der Waals surface area contributed by atoms with Gasteiger partial charge in [-0.25, -0.2) is 5.48 Å². The molecule has 7 nitrogen and oxygen atoms in total. The zero-order chi connectivity index (χ0) is 19.2. The van der Waals surface area contributed by atoms with Crippen LogP contribution in [0.2, 0.25) is 0 Å². The van der Waals surface area contributed by atoms with Crippen molar-refractivity contribution in [2.75, 3.05) is 19.6 Å². The third-order valence-corrected chi connectivity index (χ3v) is 4.27. The van der Waals surface area contributed by atoms with E-state index in [1.165, 1.54) is 18.3 Å². The number of nitrogens with zero attached hydrogens (tertiary/aromatic N) is 1. The van der Waals surface area contributed by atoms with Gasteiger partial charge in [-0.1, -0.05) is 11.8 Å². The lowest BCUT2D eigenvalue weighted by Crippen LogP contribution is -2.61. The average molecular weight is 358 g/mol. The van der Waals surface area contributed by atoms with Crippen molar-refractivity contribution in [3.05, 3.63) is 35.4 Å². The Morgan fingerprint density at radius 3 is 2.42 bits per heavy atom. The van der Waals surface area contributed by atoms with Crippen molar-refractivity contribution in [3.63, 3.8) is 0 Å². The summed E-state index contributed by atoms with van der Waals surface area (Å²) >= 11 is 0. The van der Waals surface area contributed by atoms with Gasteiger partial charge in [0.05, 0.1) is 6.54 Å². The lowest BCUT2D eigenvalue weighted by Gasteiger charge is -2.29. The van der Waals surface area contributed by atoms with Gasteiger partial charge < -0.3 is 11.1 Å². The maximum Gasteiger partial charge on any atom is 0.267 e. The van der Waals surface area contributed by atoms with Crippen molar-refractivity contribution < 1.29 is 14.8 Å². The number of hydrogen-bond donors (Lipinski definition) is 4. The standard InChI is InChI=1S/C19H26N4O3/c1-19(2,20)16(18(25)22-26)21-17(24)15-9-7-14(8-10-15)6-5-13-23-11-3-4-12-23/h7-10,16,26H,3-4,11-13,20H2,1-2H3,(H,21,24)(H,22,25)/t16-/m1/s1. The minimum absolute atomic E-state index is 0.384. The fraction of sp³-hybridized carbons (Fsp3) is 0.474. The molecule has 140 valence electrons. The monoisotopic (exact) mass is 358 g/mol. The zero-order valence-corrected chi connectivity index (χ0v) is 15.2. The summed E-state index contributed by atoms with van der Waals surface area (Å²) in [4.78, 5) is 26.4. The molecule has 7 heteroatoms. The number of rotatable bonds is 5. The molecule has 0 aliphatic carbocycles. The number of hydroxylamine groups is 1. The maximum atomic E-state index is 12.4. The number of nitrogens with one attached hydrogen (secondary N) is 2. The predicted molar refractivity (Wildman–Crippen MR) is 98.4 cm³/mol. The van der Waals surface area contributed by atoms with Crippen LogP contribution in [0.4, 0.5) is 0 Å². The van der Waals surface area contributed by atoms with Gasteiger partial charge in [0.25, 0.3) is 11.8 Å². The highest BCUT2D eigenvalue weighted by atomic mass is 16.5. The van der Waals surface area contributed by atoms with Gasteiger partial charge in [0.1, 0.15) is 6.04 Å². The smallest absolute Gasteiger partial charge is 0.267 e. The molecule has 26 heavy (non-hydrogen) atoms. The van der Waals surface area contributed by atoms with Gasteiger partial charge in [0.15, 0.2) is 0 Å². The topological polar surface area (TPSA) is 108 Å². The molecule has 0 unspecified atom stereocenters. The summed E-state index contributed by atoms with van der Waals surface area (Å²) < 4.78 is 0. The van der Waals surface area contributed by atoms with Crippen LogP contribution < -0.4 is 16.5 Å². The normalized spacial score (nSPS) is 15.7. The van der Waals surface area contributed by atoms with E-state index in [-0.39, 0.29) is 0 Å². The number of carbonyl (C=O) groups is 2. The van der Waals surface area contributed by atoms with Crippen molar-refractivity contribution >= 4 is 11.8 Å². The molecule has 0 aromatic heterocycles. The van der Waals surface area contributed by atoms with E-state index < -0.39 is 23.4 Å². The van der Waals surface area contributed by atoms with Crippen LogP contribution in [0.15, 0.2) is 24.3 Å². The Morgan fingerprint density at radius 2 is 1.88 bits per heavy atom. The Balaban J connectivity index is 1.99. The molecule has 0 saturated carbocycles. The highest BCUT2D eigenvalue weighted by Crippen LogP contribution is 2.09. The molecular formula is C19H26N4O3. The van der Waals surface area contributed by atoms with Crippen molar-refractivity contribution in [2.45, 2.75) is 38.3 Å². The molecule has 1 atom stereocenters. The maximum absolute atomic E-state index is 12.4. The first-order valence-corrected chi connectivity index (χ1v) is 8.66. The highest BCUT2D eigenvalue weighted by molar-refractivity contribution is 5.97. The van der Waals surface area contributed by atoms with Gasteiger partial charge in [-0.3, -0.25) is 19.7 Å². The lowest BCUT2D eigenvalue weighted by atomic mass is 9.95. The molecule has 1 saturated heterocycles. The van der Waals surface area contributed by atoms with Gasteiger partial charge in [-0.05, 0) is 64.0 Å². The van der Waals surface area contributed by atoms with E-state index in [1.807, 2.05) is 0 Å². The van der Waals surface area contributed by atoms with Crippen LogP contribution in [0.1, 0.15) is 42.6 Å². The molecule has 1 aliphatic rings. The Labute approximate surface area is 153 Å². The van der Waals surface area contributed by atoms with E-state index in [0.717, 1.165) is 25.2 Å². The van der Waals surface area contributed by atoms with Crippen LogP contribution >= 0.6 is 0 Å². The molecule has 1 aromatic rings. The molecule has 1 heterocycles. The van der Waals surface area contributed by atoms with Crippen molar-refractivity contribution in [1.82, 2.24) is 15.7 Å². The van der Waals surface area contributed by atoms with E-state index >= 15 is 0 Å². The summed E-state index contributed by atoms with van der Waals surface area (Å²) in [5.41, 5.74) is 7.60. The number of carbonyl (C=O) groups excluding carboxylic acids is 2. The van der Waals surface area contributed by atoms with E-state index in [0.29, 0.717) is 5.56 Å². The first-order valence-electron chi connectivity index (χ1n) is 8.66. The summed E-state index contributed by atoms with van der Waals surface area (Å²) in [5.74, 6) is 5.02. The SMILES string of the molecule is CC(C)(N)[C@H](NC(=O)c1ccc(C#CCN2CCCC2)cc1)C(=O)NO. The molecule has 1 fully saturated rings. The highest BCUT2D eigenvalue weighted by Gasteiger charge is 2.33. The van der Waals surface area contributed by atoms with E-state index in [1.54, 1.807) is 38.1 Å². The van der Waals surface area contributed by atoms with Crippen LogP contribution in [0, 0.1) is 11.8 Å². The number of benzene rings is 1. The molecule has 0 bridgehead atoms. The number of nitrogens with two attached hydrogens (primary N) is 1. The molecule has 1 aliphatic heterocycles. The minimum atomic E-state index is -1.07. The summed E-state index contributed by atoms with van der Waals surface area (Å²) in [6.45, 7) is 6.14. The number of hydrogen-bond acceptors (Lipinski definition) is 5. The zero-order valence-electron chi connectivity index (χ0n) is 15.2. The first kappa shape index (κ1) is 19.9. The number of likely N-dealkylation sites (tertiary alicyclic amines) is 1. The Kier molecular flexibility index (Phi) is 6.75. The van der Waals surface area contributed by atoms with E-state index in [2.05, 4.69) is 22.1 Å². The summed E-state index contributed by atoms with van der Waals surface area (Å²) in [6.07, 6.45) is 2.47. The van der Waals surface area contributed by atoms with Crippen LogP contribution in [0.3, 0.4) is 0 Å². The molecule has 5 N–H and O–H groups in total. The molecular weight excluding hydrogens is 332 g/mol. The average Bonchev–Trinajstić information content (AvgIpc) is 3.12. The largest absolute Gasteiger partial charge is 0.338 e. The van der Waals surface area contributed by atoms with Gasteiger partial charge in [-0.15, -0.1) is 0 Å². The summed E-state index contributed by atoms with van der Waals surface area (Å²) in [5, 5.41) is 11.4. The fourth-order valence-electron chi connectivity index (χ4n) is 2.77. The molecule has 2 rings (SSSR count). The second-order valence-corrected chi connectivity index (χ2v) is 7.07. The summed E-state index contributed by atoms with van der Waals surface area (Å²) in [6, 6.07) is 5.75. The third kappa shape index (κ3) is 5.56. The van der Waals surface area contributed by atoms with Crippen molar-refractivity contribution in [2.24, 2.45) is 5.73 Å². The Morgan fingerprint density at radius 1 is 1.27 bits per heavy atom. The molecule has 2 amide bonds. The summed E-state index contributed by atoms with van der Waals surface area (Å²) in [7, 11) is 0. The Bertz CT molecular complexity index is 692. The number of amides is 2. The lowest BCUT2D eigenvalue weighted by molar-refractivity contribution is -0.132. The predicted octanol–water partition coefficient (Wildman–Crippen LogP) is 0.475. The molecule has 0 spiro atoms. The second kappa shape index (κ2) is 8.81. The van der Waals surface area contributed by atoms with Gasteiger partial charge >= 0.3 is 0 Å². The van der Waals surface area contributed by atoms with Gasteiger partial charge in [0, 0.05) is 16.7 Å². The van der Waals surface area contributed by atoms with Crippen molar-refractivity contribution in [3.8, 4) is 11.8 Å². The van der Waals surface area contributed by atoms with Crippen LogP contribution in [-0.2, 0) is 4.79 Å². The van der Waals surface area contributed by atoms with Crippen LogP contribution in [-0.4, -0.2) is 53.1 Å². The van der Waals surface area contributed by atoms with Crippen LogP contribution in [0.25, 0.3) is 0 Å². The minimum Gasteiger partial charge on any atom is -0.338 e.